The van der Waals surface area contributed by atoms with Gasteiger partial charge in [0.2, 0.25) is 0 Å². The summed E-state index contributed by atoms with van der Waals surface area (Å²) in [5.41, 5.74) is 6.45. The number of benzene rings is 1. The maximum atomic E-state index is 12.9. The van der Waals surface area contributed by atoms with E-state index in [4.69, 9.17) is 0 Å². The number of Topliss-reactive ketones (excluding diaryl/α,β-unsaturated/α-hetero) is 1. The summed E-state index contributed by atoms with van der Waals surface area (Å²) in [6, 6.07) is 9.67. The summed E-state index contributed by atoms with van der Waals surface area (Å²) in [7, 11) is 1.86. The van der Waals surface area contributed by atoms with Crippen LogP contribution >= 0.6 is 11.8 Å². The van der Waals surface area contributed by atoms with Gasteiger partial charge in [-0.2, -0.15) is 0 Å². The fourth-order valence-corrected chi connectivity index (χ4v) is 5.51. The molecule has 8 heteroatoms. The molecule has 3 heterocycles. The van der Waals surface area contributed by atoms with E-state index in [0.717, 1.165) is 56.5 Å². The van der Waals surface area contributed by atoms with Crippen molar-refractivity contribution in [2.45, 2.75) is 59.5 Å². The quantitative estimate of drug-likeness (QED) is 0.302. The van der Waals surface area contributed by atoms with Crippen molar-refractivity contribution in [2.75, 3.05) is 13.6 Å². The number of carbonyl (C=O) groups is 2. The van der Waals surface area contributed by atoms with Crippen molar-refractivity contribution in [1.82, 2.24) is 14.9 Å². The minimum atomic E-state index is -1.04. The van der Waals surface area contributed by atoms with Gasteiger partial charge in [-0.1, -0.05) is 36.5 Å². The molecule has 1 amide bonds. The SMILES string of the molecule is C=C(C)S/C(=C\C)c1c(-c2ccnc(C)c2)[nH]c2c1C(=O)N(C)CC2.CC(=O)C(CC(C)F)c1ccc(F)cc1. The smallest absolute Gasteiger partial charge is 0.256 e. The highest BCUT2D eigenvalue weighted by atomic mass is 32.2. The lowest BCUT2D eigenvalue weighted by molar-refractivity contribution is -0.118. The minimum absolute atomic E-state index is 0.0752. The molecule has 1 aromatic carbocycles. The number of halogens is 2. The third-order valence-corrected chi connectivity index (χ3v) is 7.65. The first kappa shape index (κ1) is 31.0. The van der Waals surface area contributed by atoms with Crippen molar-refractivity contribution in [2.24, 2.45) is 0 Å². The molecule has 1 N–H and O–H groups in total. The zero-order valence-electron chi connectivity index (χ0n) is 24.0. The maximum Gasteiger partial charge on any atom is 0.256 e. The second kappa shape index (κ2) is 13.7. The average Bonchev–Trinajstić information content (AvgIpc) is 3.29. The monoisotopic (exact) mass is 565 g/mol. The van der Waals surface area contributed by atoms with Crippen LogP contribution < -0.4 is 0 Å². The summed E-state index contributed by atoms with van der Waals surface area (Å²) in [5.74, 6) is -0.836. The molecule has 0 aliphatic carbocycles. The Balaban J connectivity index is 0.000000252. The van der Waals surface area contributed by atoms with Gasteiger partial charge in [0.05, 0.1) is 17.4 Å². The Morgan fingerprint density at radius 3 is 2.48 bits per heavy atom. The third-order valence-electron chi connectivity index (χ3n) is 6.64. The number of hydrogen-bond donors (Lipinski definition) is 1. The molecule has 40 heavy (non-hydrogen) atoms. The molecule has 2 unspecified atom stereocenters. The molecule has 4 rings (SSSR count). The number of nitrogens with one attached hydrogen (secondary N) is 1. The predicted octanol–water partition coefficient (Wildman–Crippen LogP) is 7.89. The fourth-order valence-electron chi connectivity index (χ4n) is 4.71. The van der Waals surface area contributed by atoms with E-state index in [1.54, 1.807) is 16.7 Å². The van der Waals surface area contributed by atoms with Gasteiger partial charge < -0.3 is 9.88 Å². The molecule has 212 valence electrons. The number of carbonyl (C=O) groups excluding carboxylic acids is 2. The van der Waals surface area contributed by atoms with Gasteiger partial charge in [-0.15, -0.1) is 0 Å². The minimum Gasteiger partial charge on any atom is -0.357 e. The van der Waals surface area contributed by atoms with E-state index < -0.39 is 12.1 Å². The first-order chi connectivity index (χ1) is 18.9. The second-order valence-electron chi connectivity index (χ2n) is 10.1. The molecule has 0 fully saturated rings. The molecule has 5 nitrogen and oxygen atoms in total. The predicted molar refractivity (Wildman–Crippen MR) is 160 cm³/mol. The van der Waals surface area contributed by atoms with Crippen LogP contribution in [0.25, 0.3) is 16.2 Å². The molecular formula is C32H37F2N3O2S. The third kappa shape index (κ3) is 7.56. The molecule has 0 spiro atoms. The Morgan fingerprint density at radius 1 is 1.25 bits per heavy atom. The van der Waals surface area contributed by atoms with E-state index in [0.29, 0.717) is 5.56 Å². The van der Waals surface area contributed by atoms with E-state index in [-0.39, 0.29) is 23.9 Å². The molecule has 2 atom stereocenters. The van der Waals surface area contributed by atoms with Crippen LogP contribution in [0.2, 0.25) is 0 Å². The summed E-state index contributed by atoms with van der Waals surface area (Å²) in [6.45, 7) is 13.6. The Hall–Kier alpha value is -3.52. The van der Waals surface area contributed by atoms with Crippen molar-refractivity contribution < 1.29 is 18.4 Å². The summed E-state index contributed by atoms with van der Waals surface area (Å²) < 4.78 is 25.5. The van der Waals surface area contributed by atoms with Gasteiger partial charge in [-0.05, 0) is 75.8 Å². The lowest BCUT2D eigenvalue weighted by atomic mass is 9.91. The van der Waals surface area contributed by atoms with E-state index in [9.17, 15) is 18.4 Å². The van der Waals surface area contributed by atoms with Crippen molar-refractivity contribution in [3.8, 4) is 11.3 Å². The highest BCUT2D eigenvalue weighted by Gasteiger charge is 2.31. The normalized spacial score (nSPS) is 14.7. The summed E-state index contributed by atoms with van der Waals surface area (Å²) in [5, 5.41) is 0. The van der Waals surface area contributed by atoms with Crippen LogP contribution in [0.4, 0.5) is 8.78 Å². The number of aromatic nitrogens is 2. The maximum absolute atomic E-state index is 12.9. The number of allylic oxidation sites excluding steroid dienone is 2. The Bertz CT molecular complexity index is 1410. The molecule has 1 aliphatic rings. The number of alkyl halides is 1. The molecule has 2 aromatic heterocycles. The number of amides is 1. The number of H-pyrrole nitrogens is 1. The van der Waals surface area contributed by atoms with Crippen molar-refractivity contribution in [3.05, 3.63) is 94.1 Å². The van der Waals surface area contributed by atoms with Crippen LogP contribution in [0.1, 0.15) is 72.9 Å². The Labute approximate surface area is 239 Å². The van der Waals surface area contributed by atoms with Crippen LogP contribution in [-0.4, -0.2) is 46.3 Å². The van der Waals surface area contributed by atoms with Crippen LogP contribution in [0.5, 0.6) is 0 Å². The molecule has 0 bridgehead atoms. The van der Waals surface area contributed by atoms with E-state index in [1.165, 1.54) is 38.1 Å². The average molecular weight is 566 g/mol. The Kier molecular flexibility index (Phi) is 10.6. The van der Waals surface area contributed by atoms with E-state index >= 15 is 0 Å². The number of aromatic amines is 1. The molecule has 0 radical (unpaired) electrons. The molecule has 1 aliphatic heterocycles. The zero-order chi connectivity index (χ0) is 29.6. The largest absolute Gasteiger partial charge is 0.357 e. The number of nitrogens with zero attached hydrogens (tertiary/aromatic N) is 2. The number of hydrogen-bond acceptors (Lipinski definition) is 4. The highest BCUT2D eigenvalue weighted by Crippen LogP contribution is 2.42. The first-order valence-corrected chi connectivity index (χ1v) is 14.1. The van der Waals surface area contributed by atoms with Crippen molar-refractivity contribution in [1.29, 1.82) is 0 Å². The van der Waals surface area contributed by atoms with E-state index in [1.807, 2.05) is 46.1 Å². The number of aryl methyl sites for hydroxylation is 1. The van der Waals surface area contributed by atoms with Gasteiger partial charge >= 0.3 is 0 Å². The van der Waals surface area contributed by atoms with Crippen molar-refractivity contribution >= 4 is 28.4 Å². The zero-order valence-corrected chi connectivity index (χ0v) is 24.8. The number of likely N-dealkylation sites (N-methyl/N-ethyl adjacent to an activating group) is 1. The van der Waals surface area contributed by atoms with Crippen molar-refractivity contribution in [3.63, 3.8) is 0 Å². The van der Waals surface area contributed by atoms with Crippen LogP contribution in [0.3, 0.4) is 0 Å². The number of rotatable bonds is 8. The second-order valence-corrected chi connectivity index (χ2v) is 11.4. The number of thioether (sulfide) groups is 1. The van der Waals surface area contributed by atoms with Gasteiger partial charge in [0.15, 0.2) is 0 Å². The fraction of sp³-hybridized carbons (Fsp3) is 0.344. The highest BCUT2D eigenvalue weighted by molar-refractivity contribution is 8.11. The Morgan fingerprint density at radius 2 is 1.93 bits per heavy atom. The molecule has 0 saturated carbocycles. The number of fused-ring (bicyclic) bond motifs is 1. The first-order valence-electron chi connectivity index (χ1n) is 13.3. The summed E-state index contributed by atoms with van der Waals surface area (Å²) in [6.07, 6.45) is 3.82. The number of ketones is 1. The number of pyridine rings is 1. The topological polar surface area (TPSA) is 66.1 Å². The molecule has 0 saturated heterocycles. The van der Waals surface area contributed by atoms with Gasteiger partial charge in [-0.25, -0.2) is 8.78 Å². The van der Waals surface area contributed by atoms with Crippen LogP contribution in [0, 0.1) is 12.7 Å². The molecular weight excluding hydrogens is 528 g/mol. The van der Waals surface area contributed by atoms with Gasteiger partial charge in [0, 0.05) is 59.5 Å². The lowest BCUT2D eigenvalue weighted by Crippen LogP contribution is -2.34. The summed E-state index contributed by atoms with van der Waals surface area (Å²) in [4.78, 5) is 35.9. The summed E-state index contributed by atoms with van der Waals surface area (Å²) >= 11 is 1.61. The van der Waals surface area contributed by atoms with Crippen LogP contribution in [-0.2, 0) is 11.2 Å². The van der Waals surface area contributed by atoms with Crippen LogP contribution in [0.15, 0.2) is 60.2 Å². The molecule has 3 aromatic rings. The standard InChI is InChI=1S/C20H23N3OS.C12H14F2O/c1-6-16(25-12(2)3)18-17-15(8-10-23(5)20(17)24)22-19(18)14-7-9-21-13(4)11-14;1-8(13)7-12(9(2)15)10-3-5-11(14)6-4-10/h6-7,9,11,22H,2,8,10H2,1,3-5H3;3-6,8,12H,7H2,1-2H3/b16-6-;. The van der Waals surface area contributed by atoms with E-state index in [2.05, 4.69) is 22.6 Å². The van der Waals surface area contributed by atoms with Gasteiger partial charge in [0.1, 0.15) is 11.6 Å². The van der Waals surface area contributed by atoms with Gasteiger partial charge in [-0.3, -0.25) is 14.6 Å². The lowest BCUT2D eigenvalue weighted by Gasteiger charge is -2.23. The van der Waals surface area contributed by atoms with Gasteiger partial charge in [0.25, 0.3) is 5.91 Å².